The molecule has 0 unspecified atom stereocenters. The first-order chi connectivity index (χ1) is 10.7. The summed E-state index contributed by atoms with van der Waals surface area (Å²) in [5.41, 5.74) is 8.93. The monoisotopic (exact) mass is 315 g/mol. The average Bonchev–Trinajstić information content (AvgIpc) is 2.50. The fraction of sp³-hybridized carbons (Fsp3) is 0.267. The third-order valence-corrected chi connectivity index (χ3v) is 3.85. The third kappa shape index (κ3) is 3.16. The molecule has 0 saturated heterocycles. The van der Waals surface area contributed by atoms with E-state index >= 15 is 0 Å². The number of guanidine groups is 1. The summed E-state index contributed by atoms with van der Waals surface area (Å²) < 4.78 is 0. The highest BCUT2D eigenvalue weighted by atomic mass is 16.1. The van der Waals surface area contributed by atoms with Crippen molar-refractivity contribution < 1.29 is 4.79 Å². The minimum absolute atomic E-state index is 0.133. The number of nitrogen functional groups attached to an aromatic ring is 1. The van der Waals surface area contributed by atoms with Crippen molar-refractivity contribution in [1.29, 1.82) is 10.8 Å². The maximum absolute atomic E-state index is 12.5. The van der Waals surface area contributed by atoms with Gasteiger partial charge in [-0.1, -0.05) is 0 Å². The summed E-state index contributed by atoms with van der Waals surface area (Å²) >= 11 is 0. The molecule has 1 aliphatic rings. The zero-order chi connectivity index (χ0) is 17.3. The lowest BCUT2D eigenvalue weighted by molar-refractivity contribution is -0.113. The van der Waals surface area contributed by atoms with Crippen molar-refractivity contribution in [3.8, 4) is 0 Å². The summed E-state index contributed by atoms with van der Waals surface area (Å²) in [5, 5.41) is 19.5. The number of hydrogen-bond donors (Lipinski definition) is 5. The molecule has 8 heteroatoms. The van der Waals surface area contributed by atoms with Gasteiger partial charge < -0.3 is 21.4 Å². The average molecular weight is 315 g/mol. The molecule has 23 heavy (non-hydrogen) atoms. The van der Waals surface area contributed by atoms with Crippen LogP contribution in [0.25, 0.3) is 0 Å². The highest BCUT2D eigenvalue weighted by molar-refractivity contribution is 6.07. The van der Waals surface area contributed by atoms with Gasteiger partial charge in [-0.15, -0.1) is 0 Å². The van der Waals surface area contributed by atoms with Gasteiger partial charge >= 0.3 is 0 Å². The van der Waals surface area contributed by atoms with Crippen LogP contribution >= 0.6 is 0 Å². The van der Waals surface area contributed by atoms with Crippen LogP contribution in [0.2, 0.25) is 0 Å². The van der Waals surface area contributed by atoms with E-state index in [1.165, 1.54) is 5.01 Å². The quantitative estimate of drug-likeness (QED) is 0.321. The van der Waals surface area contributed by atoms with Crippen LogP contribution in [0, 0.1) is 10.8 Å². The van der Waals surface area contributed by atoms with E-state index in [2.05, 4.69) is 5.32 Å². The summed E-state index contributed by atoms with van der Waals surface area (Å²) in [6.07, 6.45) is 0. The zero-order valence-corrected chi connectivity index (χ0v) is 13.4. The van der Waals surface area contributed by atoms with Gasteiger partial charge in [-0.05, 0) is 32.0 Å². The molecule has 0 aromatic heterocycles. The van der Waals surface area contributed by atoms with Gasteiger partial charge in [-0.3, -0.25) is 15.2 Å². The number of anilines is 2. The van der Waals surface area contributed by atoms with Crippen molar-refractivity contribution in [2.24, 2.45) is 5.84 Å². The second-order valence-electron chi connectivity index (χ2n) is 5.46. The van der Waals surface area contributed by atoms with Gasteiger partial charge in [-0.2, -0.15) is 0 Å². The van der Waals surface area contributed by atoms with Gasteiger partial charge in [0.15, 0.2) is 0 Å². The Bertz CT molecular complexity index is 723. The van der Waals surface area contributed by atoms with Crippen molar-refractivity contribution in [2.45, 2.75) is 13.8 Å². The normalized spacial score (nSPS) is 15.0. The lowest BCUT2D eigenvalue weighted by Crippen LogP contribution is -2.51. The van der Waals surface area contributed by atoms with E-state index in [-0.39, 0.29) is 18.4 Å². The lowest BCUT2D eigenvalue weighted by Gasteiger charge is -2.34. The van der Waals surface area contributed by atoms with Gasteiger partial charge in [0.05, 0.1) is 12.1 Å². The number of benzene rings is 1. The van der Waals surface area contributed by atoms with Gasteiger partial charge in [0.2, 0.25) is 5.96 Å². The molecule has 122 valence electrons. The molecule has 0 aliphatic carbocycles. The van der Waals surface area contributed by atoms with E-state index in [1.54, 1.807) is 44.0 Å². The van der Waals surface area contributed by atoms with Crippen molar-refractivity contribution in [3.05, 3.63) is 35.0 Å². The van der Waals surface area contributed by atoms with Crippen LogP contribution in [-0.4, -0.2) is 41.1 Å². The maximum atomic E-state index is 12.5. The van der Waals surface area contributed by atoms with Gasteiger partial charge in [0, 0.05) is 35.4 Å². The molecule has 1 amide bonds. The number of nitrogens with zero attached hydrogens (tertiary/aromatic N) is 2. The van der Waals surface area contributed by atoms with Gasteiger partial charge in [0.1, 0.15) is 0 Å². The van der Waals surface area contributed by atoms with E-state index in [4.69, 9.17) is 22.4 Å². The Morgan fingerprint density at radius 3 is 2.65 bits per heavy atom. The summed E-state index contributed by atoms with van der Waals surface area (Å²) in [4.78, 5) is 14.1. The van der Waals surface area contributed by atoms with Crippen LogP contribution in [-0.2, 0) is 4.79 Å². The van der Waals surface area contributed by atoms with E-state index in [9.17, 15) is 4.79 Å². The predicted molar refractivity (Wildman–Crippen MR) is 91.1 cm³/mol. The second-order valence-corrected chi connectivity index (χ2v) is 5.46. The molecular weight excluding hydrogens is 294 g/mol. The Kier molecular flexibility index (Phi) is 4.37. The fourth-order valence-corrected chi connectivity index (χ4v) is 2.32. The first-order valence-corrected chi connectivity index (χ1v) is 7.03. The maximum Gasteiger partial charge on any atom is 0.255 e. The summed E-state index contributed by atoms with van der Waals surface area (Å²) in [7, 11) is 1.68. The van der Waals surface area contributed by atoms with Gasteiger partial charge in [0.25, 0.3) is 5.91 Å². The molecule has 1 aromatic carbocycles. The number of hydrazine groups is 1. The van der Waals surface area contributed by atoms with Crippen LogP contribution in [0.1, 0.15) is 19.4 Å². The van der Waals surface area contributed by atoms with E-state index in [0.29, 0.717) is 33.9 Å². The number of hydrogen-bond acceptors (Lipinski definition) is 5. The molecule has 0 fully saturated rings. The number of carbonyl (C=O) groups is 1. The van der Waals surface area contributed by atoms with E-state index < -0.39 is 0 Å². The summed E-state index contributed by atoms with van der Waals surface area (Å²) in [6.45, 7) is 3.57. The molecule has 2 rings (SSSR count). The van der Waals surface area contributed by atoms with Crippen LogP contribution in [0.15, 0.2) is 29.5 Å². The van der Waals surface area contributed by atoms with Crippen LogP contribution in [0.3, 0.4) is 0 Å². The smallest absolute Gasteiger partial charge is 0.255 e. The second kappa shape index (κ2) is 6.09. The number of nitrogens with two attached hydrogens (primary N) is 2. The van der Waals surface area contributed by atoms with E-state index in [0.717, 1.165) is 0 Å². The fourth-order valence-electron chi connectivity index (χ4n) is 2.32. The van der Waals surface area contributed by atoms with Crippen molar-refractivity contribution in [2.75, 3.05) is 24.6 Å². The van der Waals surface area contributed by atoms with Crippen LogP contribution in [0.4, 0.5) is 11.4 Å². The molecule has 0 saturated carbocycles. The number of nitrogens with one attached hydrogen (secondary N) is 3. The first kappa shape index (κ1) is 16.5. The molecule has 0 radical (unpaired) electrons. The highest BCUT2D eigenvalue weighted by Gasteiger charge is 2.27. The van der Waals surface area contributed by atoms with Crippen LogP contribution in [0.5, 0.6) is 0 Å². The predicted octanol–water partition coefficient (Wildman–Crippen LogP) is 0.925. The Labute approximate surface area is 134 Å². The molecule has 0 bridgehead atoms. The highest BCUT2D eigenvalue weighted by Crippen LogP contribution is 2.21. The third-order valence-electron chi connectivity index (χ3n) is 3.85. The SMILES string of the molecule is CC(=N)c1cc(NC(=O)C2=C(C)N(C)C(=N)N(N)C2)ccc1N. The molecule has 8 nitrogen and oxygen atoms in total. The standard InChI is InChI=1S/C15H21N7O/c1-8(16)11-6-10(4-5-13(11)17)20-14(23)12-7-22(19)15(18)21(3)9(12)2/h4-6,16,18H,7,17,19H2,1-3H3,(H,20,23). The number of allylic oxidation sites excluding steroid dienone is 1. The molecule has 1 aliphatic heterocycles. The molecule has 1 heterocycles. The minimum atomic E-state index is -0.296. The Morgan fingerprint density at radius 1 is 1.39 bits per heavy atom. The molecule has 0 spiro atoms. The summed E-state index contributed by atoms with van der Waals surface area (Å²) in [6, 6.07) is 5.01. The molecule has 1 aromatic rings. The Balaban J connectivity index is 2.27. The van der Waals surface area contributed by atoms with Crippen molar-refractivity contribution in [3.63, 3.8) is 0 Å². The summed E-state index contributed by atoms with van der Waals surface area (Å²) in [5.74, 6) is 5.58. The largest absolute Gasteiger partial charge is 0.398 e. The topological polar surface area (TPSA) is 135 Å². The van der Waals surface area contributed by atoms with Crippen LogP contribution < -0.4 is 16.9 Å². The first-order valence-electron chi connectivity index (χ1n) is 7.03. The Hall–Kier alpha value is -2.87. The number of amides is 1. The number of rotatable bonds is 3. The minimum Gasteiger partial charge on any atom is -0.398 e. The van der Waals surface area contributed by atoms with Crippen molar-refractivity contribution in [1.82, 2.24) is 9.91 Å². The number of carbonyl (C=O) groups excluding carboxylic acids is 1. The van der Waals surface area contributed by atoms with Crippen molar-refractivity contribution >= 4 is 29.0 Å². The lowest BCUT2D eigenvalue weighted by atomic mass is 10.1. The van der Waals surface area contributed by atoms with E-state index in [1.807, 2.05) is 0 Å². The zero-order valence-electron chi connectivity index (χ0n) is 13.4. The molecule has 0 atom stereocenters. The Morgan fingerprint density at radius 2 is 2.04 bits per heavy atom. The van der Waals surface area contributed by atoms with Gasteiger partial charge in [-0.25, -0.2) is 5.84 Å². The molecule has 7 N–H and O–H groups in total. The molecular formula is C15H21N7O.